The van der Waals surface area contributed by atoms with Crippen molar-refractivity contribution in [2.45, 2.75) is 57.1 Å². The predicted octanol–water partition coefficient (Wildman–Crippen LogP) is 5.10. The first kappa shape index (κ1) is 29.8. The summed E-state index contributed by atoms with van der Waals surface area (Å²) in [4.78, 5) is 5.24. The third kappa shape index (κ3) is 6.08. The highest BCUT2D eigenvalue weighted by atomic mass is 32.2. The van der Waals surface area contributed by atoms with Crippen LogP contribution in [0.2, 0.25) is 0 Å². The number of rotatable bonds is 7. The molecule has 0 spiro atoms. The second-order valence-electron chi connectivity index (χ2n) is 11.4. The quantitative estimate of drug-likeness (QED) is 0.281. The Morgan fingerprint density at radius 1 is 1.09 bits per heavy atom. The average Bonchev–Trinajstić information content (AvgIpc) is 3.56. The molecule has 0 radical (unpaired) electrons. The van der Waals surface area contributed by atoms with Gasteiger partial charge in [0.15, 0.2) is 0 Å². The molecule has 1 saturated heterocycles. The molecule has 1 atom stereocenters. The van der Waals surface area contributed by atoms with Crippen LogP contribution in [0.4, 0.5) is 17.6 Å². The highest BCUT2D eigenvalue weighted by molar-refractivity contribution is 7.88. The van der Waals surface area contributed by atoms with Crippen molar-refractivity contribution in [1.29, 1.82) is 0 Å². The van der Waals surface area contributed by atoms with E-state index in [9.17, 15) is 31.1 Å². The van der Waals surface area contributed by atoms with Gasteiger partial charge in [0.1, 0.15) is 12.0 Å². The predicted molar refractivity (Wildman–Crippen MR) is 154 cm³/mol. The normalized spacial score (nSPS) is 18.3. The molecule has 2 aliphatic heterocycles. The summed E-state index contributed by atoms with van der Waals surface area (Å²) in [7, 11) is -3.48. The van der Waals surface area contributed by atoms with Crippen molar-refractivity contribution in [3.8, 4) is 11.3 Å². The molecule has 4 heterocycles. The van der Waals surface area contributed by atoms with Crippen LogP contribution in [-0.4, -0.2) is 69.6 Å². The summed E-state index contributed by atoms with van der Waals surface area (Å²) in [5.74, 6) is -0.0197. The van der Waals surface area contributed by atoms with Gasteiger partial charge in [0.2, 0.25) is 10.0 Å². The van der Waals surface area contributed by atoms with Gasteiger partial charge in [0.05, 0.1) is 17.5 Å². The van der Waals surface area contributed by atoms with Gasteiger partial charge < -0.3 is 10.1 Å². The van der Waals surface area contributed by atoms with Crippen LogP contribution in [0.1, 0.15) is 47.6 Å². The van der Waals surface area contributed by atoms with Crippen LogP contribution in [0.15, 0.2) is 48.7 Å². The van der Waals surface area contributed by atoms with Crippen LogP contribution in [0, 0.1) is 5.82 Å². The monoisotopic (exact) mass is 619 g/mol. The van der Waals surface area contributed by atoms with Gasteiger partial charge in [-0.05, 0) is 54.7 Å². The number of hydrogen-bond acceptors (Lipinski definition) is 5. The molecule has 8 nitrogen and oxygen atoms in total. The van der Waals surface area contributed by atoms with Crippen LogP contribution in [0.3, 0.4) is 0 Å². The summed E-state index contributed by atoms with van der Waals surface area (Å²) in [6, 6.07) is 9.44. The van der Waals surface area contributed by atoms with E-state index in [4.69, 9.17) is 5.10 Å². The van der Waals surface area contributed by atoms with Crippen molar-refractivity contribution in [3.63, 3.8) is 0 Å². The summed E-state index contributed by atoms with van der Waals surface area (Å²) >= 11 is 0. The SMILES string of the molecule is CS(=O)(=O)N1CCc2c(c(-c3ccc(C(F)(F)F)cc3)nn2CCC(O)N2CCC(c3c[nH]c4ccc(F)cc34)CC2)C1. The van der Waals surface area contributed by atoms with Crippen molar-refractivity contribution in [3.05, 3.63) is 76.9 Å². The number of halogens is 4. The van der Waals surface area contributed by atoms with Gasteiger partial charge in [-0.2, -0.15) is 22.6 Å². The van der Waals surface area contributed by atoms with Crippen LogP contribution < -0.4 is 0 Å². The topological polar surface area (TPSA) is 94.5 Å². The maximum absolute atomic E-state index is 13.9. The Labute approximate surface area is 247 Å². The van der Waals surface area contributed by atoms with Gasteiger partial charge >= 0.3 is 6.18 Å². The smallest absolute Gasteiger partial charge is 0.378 e. The van der Waals surface area contributed by atoms with Gasteiger partial charge in [-0.15, -0.1) is 0 Å². The lowest BCUT2D eigenvalue weighted by Gasteiger charge is -2.35. The third-order valence-corrected chi connectivity index (χ3v) is 9.97. The van der Waals surface area contributed by atoms with Crippen molar-refractivity contribution in [1.82, 2.24) is 24.0 Å². The summed E-state index contributed by atoms with van der Waals surface area (Å²) in [5.41, 5.74) is 3.63. The maximum atomic E-state index is 13.9. The number of aliphatic hydroxyl groups is 1. The Balaban J connectivity index is 1.16. The van der Waals surface area contributed by atoms with Crippen LogP contribution in [-0.2, 0) is 35.7 Å². The molecule has 2 aromatic carbocycles. The van der Waals surface area contributed by atoms with Gasteiger partial charge in [0.25, 0.3) is 0 Å². The zero-order chi connectivity index (χ0) is 30.5. The second kappa shape index (κ2) is 11.3. The number of piperidine rings is 1. The first-order valence-electron chi connectivity index (χ1n) is 14.3. The number of likely N-dealkylation sites (tertiary alicyclic amines) is 1. The van der Waals surface area contributed by atoms with Gasteiger partial charge in [-0.1, -0.05) is 12.1 Å². The minimum atomic E-state index is -4.47. The second-order valence-corrected chi connectivity index (χ2v) is 13.4. The summed E-state index contributed by atoms with van der Waals surface area (Å²) in [6.07, 6.45) is 0.294. The number of aromatic amines is 1. The van der Waals surface area contributed by atoms with Crippen LogP contribution in [0.5, 0.6) is 0 Å². The minimum Gasteiger partial charge on any atom is -0.378 e. The number of sulfonamides is 1. The standard InChI is InChI=1S/C30H33F4N5O3S/c1-43(41,42)38-14-10-27-25(18-38)29(20-2-4-21(5-3-20)30(32,33)34)36-39(27)15-11-28(40)37-12-8-19(9-13-37)24-17-35-26-7-6-22(31)16-23(24)26/h2-7,16-17,19,28,35,40H,8-15,18H2,1H3. The molecular formula is C30H33F4N5O3S. The summed E-state index contributed by atoms with van der Waals surface area (Å²) in [6.45, 7) is 2.07. The number of hydrogen-bond donors (Lipinski definition) is 2. The van der Waals surface area contributed by atoms with Crippen molar-refractivity contribution in [2.75, 3.05) is 25.9 Å². The molecule has 1 fully saturated rings. The number of aliphatic hydroxyl groups excluding tert-OH is 1. The molecule has 2 aliphatic rings. The number of aromatic nitrogens is 3. The number of nitrogens with zero attached hydrogens (tertiary/aromatic N) is 4. The zero-order valence-corrected chi connectivity index (χ0v) is 24.4. The fourth-order valence-electron chi connectivity index (χ4n) is 6.36. The molecule has 0 bridgehead atoms. The van der Waals surface area contributed by atoms with E-state index in [0.29, 0.717) is 49.3 Å². The number of benzene rings is 2. The maximum Gasteiger partial charge on any atom is 0.416 e. The number of fused-ring (bicyclic) bond motifs is 2. The van der Waals surface area contributed by atoms with E-state index < -0.39 is 28.0 Å². The van der Waals surface area contributed by atoms with E-state index in [2.05, 4.69) is 4.98 Å². The Hall–Kier alpha value is -3.26. The highest BCUT2D eigenvalue weighted by Gasteiger charge is 2.33. The molecule has 1 unspecified atom stereocenters. The molecule has 4 aromatic rings. The third-order valence-electron chi connectivity index (χ3n) is 8.72. The van der Waals surface area contributed by atoms with E-state index in [1.54, 1.807) is 16.8 Å². The zero-order valence-electron chi connectivity index (χ0n) is 23.6. The molecule has 13 heteroatoms. The molecule has 0 saturated carbocycles. The van der Waals surface area contributed by atoms with Crippen molar-refractivity contribution >= 4 is 20.9 Å². The Kier molecular flexibility index (Phi) is 7.86. The molecule has 0 amide bonds. The molecule has 0 aliphatic carbocycles. The Bertz CT molecular complexity index is 1720. The lowest BCUT2D eigenvalue weighted by molar-refractivity contribution is -0.137. The molecule has 6 rings (SSSR count). The molecule has 2 aromatic heterocycles. The van der Waals surface area contributed by atoms with Gasteiger partial charge in [-0.25, -0.2) is 12.8 Å². The lowest BCUT2D eigenvalue weighted by Crippen LogP contribution is -2.41. The Morgan fingerprint density at radius 3 is 2.49 bits per heavy atom. The number of H-pyrrole nitrogens is 1. The van der Waals surface area contributed by atoms with Crippen LogP contribution in [0.25, 0.3) is 22.2 Å². The van der Waals surface area contributed by atoms with Crippen molar-refractivity contribution in [2.24, 2.45) is 0 Å². The van der Waals surface area contributed by atoms with Gasteiger partial charge in [0, 0.05) is 79.5 Å². The van der Waals surface area contributed by atoms with E-state index in [-0.39, 0.29) is 24.8 Å². The average molecular weight is 620 g/mol. The van der Waals surface area contributed by atoms with Crippen LogP contribution >= 0.6 is 0 Å². The summed E-state index contributed by atoms with van der Waals surface area (Å²) < 4.78 is 81.0. The minimum absolute atomic E-state index is 0.0817. The molecule has 2 N–H and O–H groups in total. The molecule has 43 heavy (non-hydrogen) atoms. The van der Waals surface area contributed by atoms with E-state index in [0.717, 1.165) is 53.4 Å². The molecule has 230 valence electrons. The fourth-order valence-corrected chi connectivity index (χ4v) is 7.15. The lowest BCUT2D eigenvalue weighted by atomic mass is 9.89. The number of alkyl halides is 3. The summed E-state index contributed by atoms with van der Waals surface area (Å²) in [5, 5.41) is 16.7. The van der Waals surface area contributed by atoms with Crippen molar-refractivity contribution < 1.29 is 31.1 Å². The highest BCUT2D eigenvalue weighted by Crippen LogP contribution is 2.36. The number of nitrogens with one attached hydrogen (secondary N) is 1. The van der Waals surface area contributed by atoms with E-state index in [1.165, 1.54) is 22.5 Å². The Morgan fingerprint density at radius 2 is 1.81 bits per heavy atom. The van der Waals surface area contributed by atoms with E-state index >= 15 is 0 Å². The fraction of sp³-hybridized carbons (Fsp3) is 0.433. The number of aryl methyl sites for hydroxylation is 1. The largest absolute Gasteiger partial charge is 0.416 e. The first-order chi connectivity index (χ1) is 20.4. The first-order valence-corrected chi connectivity index (χ1v) is 16.1. The molecular weight excluding hydrogens is 586 g/mol. The van der Waals surface area contributed by atoms with E-state index in [1.807, 2.05) is 11.1 Å². The van der Waals surface area contributed by atoms with Gasteiger partial charge in [-0.3, -0.25) is 9.58 Å².